The van der Waals surface area contributed by atoms with Crippen molar-refractivity contribution in [1.29, 1.82) is 0 Å². The molecule has 0 aliphatic heterocycles. The Hall–Kier alpha value is -2.92. The topological polar surface area (TPSA) is 80.0 Å². The molecule has 3 rings (SSSR count). The minimum atomic E-state index is -0.259. The minimum absolute atomic E-state index is 0.168. The van der Waals surface area contributed by atoms with Crippen molar-refractivity contribution >= 4 is 22.5 Å². The first-order chi connectivity index (χ1) is 11.2. The maximum absolute atomic E-state index is 12.5. The molecule has 3 aromatic rings. The van der Waals surface area contributed by atoms with Gasteiger partial charge in [0, 0.05) is 17.1 Å². The lowest BCUT2D eigenvalue weighted by Gasteiger charge is -2.18. The molecule has 0 fully saturated rings. The number of nitrogen functional groups attached to an aromatic ring is 1. The van der Waals surface area contributed by atoms with Crippen molar-refractivity contribution in [3.8, 4) is 0 Å². The normalized spacial score (nSPS) is 12.0. The van der Waals surface area contributed by atoms with Gasteiger partial charge in [-0.2, -0.15) is 0 Å². The molecular weight excluding hydrogens is 288 g/mol. The van der Waals surface area contributed by atoms with E-state index in [4.69, 9.17) is 5.73 Å². The zero-order chi connectivity index (χ0) is 16.2. The predicted octanol–water partition coefficient (Wildman–Crippen LogP) is 2.47. The van der Waals surface area contributed by atoms with Crippen LogP contribution in [0.4, 0.5) is 5.82 Å². The number of fused-ring (bicyclic) bond motifs is 1. The molecule has 4 N–H and O–H groups in total. The molecule has 0 spiro atoms. The molecule has 0 radical (unpaired) electrons. The quantitative estimate of drug-likeness (QED) is 0.647. The molecule has 1 unspecified atom stereocenters. The SMILES string of the molecule is CNC(NC(=O)c1ccc2ccnc(N)c2c1)c1ccccc1. The first-order valence-corrected chi connectivity index (χ1v) is 7.36. The summed E-state index contributed by atoms with van der Waals surface area (Å²) in [5.41, 5.74) is 7.43. The molecule has 23 heavy (non-hydrogen) atoms. The van der Waals surface area contributed by atoms with Gasteiger partial charge in [0.2, 0.25) is 0 Å². The fourth-order valence-corrected chi connectivity index (χ4v) is 2.51. The maximum Gasteiger partial charge on any atom is 0.252 e. The highest BCUT2D eigenvalue weighted by atomic mass is 16.1. The summed E-state index contributed by atoms with van der Waals surface area (Å²) in [5.74, 6) is 0.253. The van der Waals surface area contributed by atoms with E-state index in [2.05, 4.69) is 15.6 Å². The standard InChI is InChI=1S/C18H18N4O/c1-20-17(13-5-3-2-4-6-13)22-18(23)14-8-7-12-9-10-21-16(19)15(12)11-14/h2-11,17,20H,1H3,(H2,19,21)(H,22,23). The summed E-state index contributed by atoms with van der Waals surface area (Å²) in [6.07, 6.45) is 1.40. The van der Waals surface area contributed by atoms with Crippen LogP contribution >= 0.6 is 0 Å². The van der Waals surface area contributed by atoms with Gasteiger partial charge in [-0.15, -0.1) is 0 Å². The van der Waals surface area contributed by atoms with Crippen LogP contribution in [0, 0.1) is 0 Å². The minimum Gasteiger partial charge on any atom is -0.383 e. The number of benzene rings is 2. The van der Waals surface area contributed by atoms with Crippen LogP contribution in [0.2, 0.25) is 0 Å². The van der Waals surface area contributed by atoms with E-state index in [0.717, 1.165) is 16.3 Å². The predicted molar refractivity (Wildman–Crippen MR) is 91.9 cm³/mol. The molecule has 1 atom stereocenters. The zero-order valence-corrected chi connectivity index (χ0v) is 12.8. The van der Waals surface area contributed by atoms with Gasteiger partial charge in [-0.1, -0.05) is 36.4 Å². The summed E-state index contributed by atoms with van der Waals surface area (Å²) in [7, 11) is 1.81. The number of amides is 1. The number of pyridine rings is 1. The van der Waals surface area contributed by atoms with Gasteiger partial charge >= 0.3 is 0 Å². The van der Waals surface area contributed by atoms with Gasteiger partial charge in [0.15, 0.2) is 0 Å². The lowest BCUT2D eigenvalue weighted by atomic mass is 10.1. The Balaban J connectivity index is 1.87. The van der Waals surface area contributed by atoms with Gasteiger partial charge in [-0.25, -0.2) is 4.98 Å². The third kappa shape index (κ3) is 3.14. The summed E-state index contributed by atoms with van der Waals surface area (Å²) < 4.78 is 0. The van der Waals surface area contributed by atoms with Gasteiger partial charge in [-0.3, -0.25) is 10.1 Å². The summed E-state index contributed by atoms with van der Waals surface area (Å²) in [5, 5.41) is 7.81. The highest BCUT2D eigenvalue weighted by molar-refractivity contribution is 6.01. The Morgan fingerprint density at radius 2 is 1.91 bits per heavy atom. The van der Waals surface area contributed by atoms with Crippen molar-refractivity contribution in [2.75, 3.05) is 12.8 Å². The van der Waals surface area contributed by atoms with Crippen molar-refractivity contribution < 1.29 is 4.79 Å². The van der Waals surface area contributed by atoms with E-state index < -0.39 is 0 Å². The largest absolute Gasteiger partial charge is 0.383 e. The first-order valence-electron chi connectivity index (χ1n) is 7.36. The highest BCUT2D eigenvalue weighted by Crippen LogP contribution is 2.20. The molecule has 0 saturated heterocycles. The Bertz CT molecular complexity index is 833. The number of anilines is 1. The smallest absolute Gasteiger partial charge is 0.252 e. The molecular formula is C18H18N4O. The van der Waals surface area contributed by atoms with Crippen LogP contribution in [0.5, 0.6) is 0 Å². The number of nitrogens with two attached hydrogens (primary N) is 1. The Kier molecular flexibility index (Phi) is 4.21. The Morgan fingerprint density at radius 1 is 1.13 bits per heavy atom. The van der Waals surface area contributed by atoms with E-state index in [-0.39, 0.29) is 12.1 Å². The van der Waals surface area contributed by atoms with Crippen molar-refractivity contribution in [1.82, 2.24) is 15.6 Å². The van der Waals surface area contributed by atoms with Crippen molar-refractivity contribution in [2.24, 2.45) is 0 Å². The lowest BCUT2D eigenvalue weighted by Crippen LogP contribution is -2.36. The second kappa shape index (κ2) is 6.46. The molecule has 0 aliphatic rings. The molecule has 0 bridgehead atoms. The van der Waals surface area contributed by atoms with Crippen molar-refractivity contribution in [3.05, 3.63) is 71.9 Å². The van der Waals surface area contributed by atoms with Crippen LogP contribution in [0.15, 0.2) is 60.8 Å². The van der Waals surface area contributed by atoms with Crippen LogP contribution in [-0.2, 0) is 0 Å². The fraction of sp³-hybridized carbons (Fsp3) is 0.111. The zero-order valence-electron chi connectivity index (χ0n) is 12.8. The van der Waals surface area contributed by atoms with Crippen LogP contribution in [0.25, 0.3) is 10.8 Å². The number of hydrogen-bond donors (Lipinski definition) is 3. The summed E-state index contributed by atoms with van der Waals surface area (Å²) >= 11 is 0. The third-order valence-electron chi connectivity index (χ3n) is 3.76. The third-order valence-corrected chi connectivity index (χ3v) is 3.76. The highest BCUT2D eigenvalue weighted by Gasteiger charge is 2.14. The van der Waals surface area contributed by atoms with Crippen LogP contribution in [0.1, 0.15) is 22.1 Å². The molecule has 0 aliphatic carbocycles. The van der Waals surface area contributed by atoms with E-state index in [9.17, 15) is 4.79 Å². The number of hydrogen-bond acceptors (Lipinski definition) is 4. The second-order valence-corrected chi connectivity index (χ2v) is 5.24. The van der Waals surface area contributed by atoms with E-state index in [1.807, 2.05) is 42.5 Å². The first kappa shape index (κ1) is 15.0. The monoisotopic (exact) mass is 306 g/mol. The van der Waals surface area contributed by atoms with E-state index in [1.165, 1.54) is 0 Å². The Labute approximate surface area is 134 Å². The molecule has 2 aromatic carbocycles. The summed E-state index contributed by atoms with van der Waals surface area (Å²) in [6.45, 7) is 0. The molecule has 5 nitrogen and oxygen atoms in total. The van der Waals surface area contributed by atoms with Crippen molar-refractivity contribution in [3.63, 3.8) is 0 Å². The summed E-state index contributed by atoms with van der Waals surface area (Å²) in [4.78, 5) is 16.6. The molecule has 0 saturated carbocycles. The number of rotatable bonds is 4. The average molecular weight is 306 g/mol. The van der Waals surface area contributed by atoms with Gasteiger partial charge in [0.1, 0.15) is 12.0 Å². The number of aromatic nitrogens is 1. The molecule has 5 heteroatoms. The van der Waals surface area contributed by atoms with E-state index in [0.29, 0.717) is 11.4 Å². The summed E-state index contributed by atoms with van der Waals surface area (Å²) in [6, 6.07) is 17.0. The number of carbonyl (C=O) groups is 1. The number of nitrogens with zero attached hydrogens (tertiary/aromatic N) is 1. The van der Waals surface area contributed by atoms with Crippen molar-refractivity contribution in [2.45, 2.75) is 6.17 Å². The van der Waals surface area contributed by atoms with Gasteiger partial charge < -0.3 is 11.1 Å². The molecule has 1 aromatic heterocycles. The molecule has 1 amide bonds. The lowest BCUT2D eigenvalue weighted by molar-refractivity contribution is 0.0931. The van der Waals surface area contributed by atoms with Gasteiger partial charge in [0.05, 0.1) is 0 Å². The number of carbonyl (C=O) groups excluding carboxylic acids is 1. The van der Waals surface area contributed by atoms with Gasteiger partial charge in [-0.05, 0) is 36.2 Å². The second-order valence-electron chi connectivity index (χ2n) is 5.24. The average Bonchev–Trinajstić information content (AvgIpc) is 2.60. The number of nitrogens with one attached hydrogen (secondary N) is 2. The van der Waals surface area contributed by atoms with E-state index >= 15 is 0 Å². The fourth-order valence-electron chi connectivity index (χ4n) is 2.51. The van der Waals surface area contributed by atoms with Crippen LogP contribution < -0.4 is 16.4 Å². The maximum atomic E-state index is 12.5. The van der Waals surface area contributed by atoms with Crippen LogP contribution in [0.3, 0.4) is 0 Å². The van der Waals surface area contributed by atoms with Crippen LogP contribution in [-0.4, -0.2) is 17.9 Å². The van der Waals surface area contributed by atoms with Gasteiger partial charge in [0.25, 0.3) is 5.91 Å². The Morgan fingerprint density at radius 3 is 2.65 bits per heavy atom. The van der Waals surface area contributed by atoms with E-state index in [1.54, 1.807) is 25.4 Å². The molecule has 116 valence electrons. The molecule has 1 heterocycles.